The predicted octanol–water partition coefficient (Wildman–Crippen LogP) is 3.36. The van der Waals surface area contributed by atoms with Gasteiger partial charge in [-0.2, -0.15) is 0 Å². The average Bonchev–Trinajstić information content (AvgIpc) is 2.43. The summed E-state index contributed by atoms with van der Waals surface area (Å²) in [5, 5.41) is 11.3. The quantitative estimate of drug-likeness (QED) is 0.847. The predicted molar refractivity (Wildman–Crippen MR) is 84.2 cm³/mol. The fourth-order valence-electron chi connectivity index (χ4n) is 1.86. The summed E-state index contributed by atoms with van der Waals surface area (Å²) in [5.74, 6) is -0.483. The number of halogens is 1. The number of amides is 1. The summed E-state index contributed by atoms with van der Waals surface area (Å²) in [6.45, 7) is 5.10. The molecule has 0 aliphatic heterocycles. The maximum Gasteiger partial charge on any atom is 0.408 e. The van der Waals surface area contributed by atoms with Crippen molar-refractivity contribution in [3.8, 4) is 0 Å². The molecule has 1 aromatic carbocycles. The number of benzene rings is 1. The topological polar surface area (TPSA) is 58.6 Å². The molecule has 5 heteroatoms. The van der Waals surface area contributed by atoms with Gasteiger partial charge in [0.15, 0.2) is 0 Å². The number of rotatable bonds is 6. The number of hydrogen-bond acceptors (Lipinski definition) is 3. The van der Waals surface area contributed by atoms with Gasteiger partial charge in [0.25, 0.3) is 0 Å². The van der Waals surface area contributed by atoms with E-state index in [1.165, 1.54) is 6.08 Å². The van der Waals surface area contributed by atoms with E-state index in [0.717, 1.165) is 5.56 Å². The summed E-state index contributed by atoms with van der Waals surface area (Å²) in [5.41, 5.74) is 0.253. The smallest absolute Gasteiger partial charge is 0.408 e. The van der Waals surface area contributed by atoms with Crippen molar-refractivity contribution in [1.29, 1.82) is 0 Å². The number of carbonyl (C=O) groups excluding carboxylic acids is 1. The lowest BCUT2D eigenvalue weighted by atomic mass is 10.0. The third kappa shape index (κ3) is 7.22. The van der Waals surface area contributed by atoms with E-state index in [0.29, 0.717) is 6.42 Å². The van der Waals surface area contributed by atoms with Crippen molar-refractivity contribution in [3.05, 3.63) is 47.8 Å². The summed E-state index contributed by atoms with van der Waals surface area (Å²) in [4.78, 5) is 11.9. The maximum atomic E-state index is 14.2. The third-order valence-electron chi connectivity index (χ3n) is 2.77. The first kappa shape index (κ1) is 18.2. The van der Waals surface area contributed by atoms with Gasteiger partial charge in [-0.3, -0.25) is 0 Å². The summed E-state index contributed by atoms with van der Waals surface area (Å²) in [6, 6.07) is 8.50. The largest absolute Gasteiger partial charge is 0.444 e. The fraction of sp³-hybridized carbons (Fsp3) is 0.471. The minimum absolute atomic E-state index is 0.141. The molecule has 1 rings (SSSR count). The summed E-state index contributed by atoms with van der Waals surface area (Å²) in [6.07, 6.45) is 1.13. The SMILES string of the molecule is CC(C)(C)OC(=O)N[C@@H](Cc1ccccc1)/C(F)=C/CCO. The Labute approximate surface area is 131 Å². The fourth-order valence-corrected chi connectivity index (χ4v) is 1.86. The lowest BCUT2D eigenvalue weighted by Gasteiger charge is -2.23. The number of nitrogens with one attached hydrogen (secondary N) is 1. The Kier molecular flexibility index (Phi) is 7.05. The first-order valence-corrected chi connectivity index (χ1v) is 7.31. The van der Waals surface area contributed by atoms with Gasteiger partial charge in [-0.25, -0.2) is 9.18 Å². The molecule has 1 aromatic rings. The zero-order valence-electron chi connectivity index (χ0n) is 13.3. The van der Waals surface area contributed by atoms with Crippen LogP contribution in [-0.4, -0.2) is 29.4 Å². The number of hydrogen-bond donors (Lipinski definition) is 2. The molecule has 4 nitrogen and oxygen atoms in total. The first-order chi connectivity index (χ1) is 10.3. The Hall–Kier alpha value is -1.88. The second-order valence-corrected chi connectivity index (χ2v) is 5.99. The van der Waals surface area contributed by atoms with Gasteiger partial charge >= 0.3 is 6.09 Å². The van der Waals surface area contributed by atoms with Crippen LogP contribution in [0.3, 0.4) is 0 Å². The highest BCUT2D eigenvalue weighted by atomic mass is 19.1. The molecule has 2 N–H and O–H groups in total. The van der Waals surface area contributed by atoms with Crippen molar-refractivity contribution >= 4 is 6.09 Å². The number of aliphatic hydroxyl groups excluding tert-OH is 1. The van der Waals surface area contributed by atoms with Crippen LogP contribution in [0.2, 0.25) is 0 Å². The Morgan fingerprint density at radius 2 is 2.00 bits per heavy atom. The number of aliphatic hydroxyl groups is 1. The van der Waals surface area contributed by atoms with Gasteiger partial charge < -0.3 is 15.2 Å². The van der Waals surface area contributed by atoms with Crippen molar-refractivity contribution in [3.63, 3.8) is 0 Å². The summed E-state index contributed by atoms with van der Waals surface area (Å²) in [7, 11) is 0. The number of ether oxygens (including phenoxy) is 1. The van der Waals surface area contributed by atoms with Crippen molar-refractivity contribution < 1.29 is 19.0 Å². The van der Waals surface area contributed by atoms with Crippen LogP contribution in [-0.2, 0) is 11.2 Å². The van der Waals surface area contributed by atoms with Crippen molar-refractivity contribution in [2.24, 2.45) is 0 Å². The minimum Gasteiger partial charge on any atom is -0.444 e. The Morgan fingerprint density at radius 1 is 1.36 bits per heavy atom. The summed E-state index contributed by atoms with van der Waals surface area (Å²) < 4.78 is 19.4. The molecule has 0 aliphatic rings. The van der Waals surface area contributed by atoms with Crippen LogP contribution in [0.5, 0.6) is 0 Å². The molecule has 0 saturated heterocycles. The van der Waals surface area contributed by atoms with Crippen molar-refractivity contribution in [2.75, 3.05) is 6.61 Å². The van der Waals surface area contributed by atoms with Gasteiger partial charge in [0.1, 0.15) is 11.4 Å². The first-order valence-electron chi connectivity index (χ1n) is 7.31. The van der Waals surface area contributed by atoms with Crippen LogP contribution in [0.4, 0.5) is 9.18 Å². The molecule has 0 radical (unpaired) electrons. The minimum atomic E-state index is -0.816. The normalized spacial score (nSPS) is 13.6. The van der Waals surface area contributed by atoms with Crippen LogP contribution >= 0.6 is 0 Å². The molecule has 0 fully saturated rings. The molecule has 0 spiro atoms. The van der Waals surface area contributed by atoms with E-state index in [4.69, 9.17) is 9.84 Å². The second-order valence-electron chi connectivity index (χ2n) is 5.99. The van der Waals surface area contributed by atoms with Crippen LogP contribution in [0, 0.1) is 0 Å². The van der Waals surface area contributed by atoms with Crippen LogP contribution in [0.1, 0.15) is 32.8 Å². The molecule has 122 valence electrons. The lowest BCUT2D eigenvalue weighted by Crippen LogP contribution is -2.40. The van der Waals surface area contributed by atoms with E-state index in [-0.39, 0.29) is 13.0 Å². The number of alkyl carbamates (subject to hydrolysis) is 1. The van der Waals surface area contributed by atoms with E-state index >= 15 is 0 Å². The van der Waals surface area contributed by atoms with E-state index in [9.17, 15) is 9.18 Å². The van der Waals surface area contributed by atoms with Gasteiger partial charge in [-0.15, -0.1) is 0 Å². The van der Waals surface area contributed by atoms with Crippen LogP contribution < -0.4 is 5.32 Å². The van der Waals surface area contributed by atoms with Gasteiger partial charge in [0.2, 0.25) is 0 Å². The molecule has 0 bridgehead atoms. The van der Waals surface area contributed by atoms with E-state index in [2.05, 4.69) is 5.32 Å². The monoisotopic (exact) mass is 309 g/mol. The molecule has 0 aromatic heterocycles. The molecule has 0 saturated carbocycles. The number of carbonyl (C=O) groups is 1. The second kappa shape index (κ2) is 8.54. The Morgan fingerprint density at radius 3 is 2.55 bits per heavy atom. The molecule has 0 unspecified atom stereocenters. The van der Waals surface area contributed by atoms with Crippen molar-refractivity contribution in [1.82, 2.24) is 5.32 Å². The molecule has 1 amide bonds. The zero-order valence-corrected chi connectivity index (χ0v) is 13.3. The van der Waals surface area contributed by atoms with Crippen molar-refractivity contribution in [2.45, 2.75) is 45.3 Å². The van der Waals surface area contributed by atoms with E-state index < -0.39 is 23.6 Å². The maximum absolute atomic E-state index is 14.2. The Bertz CT molecular complexity index is 494. The molecule has 0 aliphatic carbocycles. The van der Waals surface area contributed by atoms with Crippen LogP contribution in [0.25, 0.3) is 0 Å². The average molecular weight is 309 g/mol. The summed E-state index contributed by atoms with van der Waals surface area (Å²) >= 11 is 0. The van der Waals surface area contributed by atoms with Gasteiger partial charge in [-0.1, -0.05) is 30.3 Å². The zero-order chi connectivity index (χ0) is 16.6. The molecular weight excluding hydrogens is 285 g/mol. The highest BCUT2D eigenvalue weighted by molar-refractivity contribution is 5.68. The van der Waals surface area contributed by atoms with Gasteiger partial charge in [0.05, 0.1) is 6.04 Å². The van der Waals surface area contributed by atoms with Gasteiger partial charge in [0, 0.05) is 6.61 Å². The van der Waals surface area contributed by atoms with Crippen LogP contribution in [0.15, 0.2) is 42.2 Å². The standard InChI is InChI=1S/C17H24FNO3/c1-17(2,3)22-16(21)19-15(14(18)10-7-11-20)12-13-8-5-4-6-9-13/h4-6,8-10,15,20H,7,11-12H2,1-3H3,(H,19,21)/b14-10-/t15-/m0/s1. The highest BCUT2D eigenvalue weighted by Crippen LogP contribution is 2.14. The van der Waals surface area contributed by atoms with E-state index in [1.807, 2.05) is 30.3 Å². The lowest BCUT2D eigenvalue weighted by molar-refractivity contribution is 0.0506. The third-order valence-corrected chi connectivity index (χ3v) is 2.77. The molecule has 0 heterocycles. The Balaban J connectivity index is 2.80. The molecule has 22 heavy (non-hydrogen) atoms. The highest BCUT2D eigenvalue weighted by Gasteiger charge is 2.22. The van der Waals surface area contributed by atoms with E-state index in [1.54, 1.807) is 20.8 Å². The van der Waals surface area contributed by atoms with Gasteiger partial charge in [-0.05, 0) is 45.3 Å². The molecule has 1 atom stereocenters. The molecular formula is C17H24FNO3.